The molecule has 2 atom stereocenters. The smallest absolute Gasteiger partial charge is 0.213 e. The van der Waals surface area contributed by atoms with Crippen LogP contribution in [0.3, 0.4) is 0 Å². The molecule has 0 fully saturated rings. The van der Waals surface area contributed by atoms with Crippen LogP contribution in [0.4, 0.5) is 0 Å². The summed E-state index contributed by atoms with van der Waals surface area (Å²) in [6.07, 6.45) is 0.961. The van der Waals surface area contributed by atoms with Crippen LogP contribution in [-0.2, 0) is 6.42 Å². The van der Waals surface area contributed by atoms with Crippen LogP contribution in [0, 0.1) is 6.92 Å². The third-order valence-electron chi connectivity index (χ3n) is 4.35. The summed E-state index contributed by atoms with van der Waals surface area (Å²) in [6.45, 7) is 8.30. The lowest BCUT2D eigenvalue weighted by Gasteiger charge is -2.14. The van der Waals surface area contributed by atoms with Gasteiger partial charge < -0.3 is 14.9 Å². The molecule has 0 saturated carbocycles. The molecule has 0 aliphatic rings. The molecule has 0 spiro atoms. The fourth-order valence-electron chi connectivity index (χ4n) is 2.72. The van der Waals surface area contributed by atoms with Gasteiger partial charge in [0.25, 0.3) is 0 Å². The lowest BCUT2D eigenvalue weighted by molar-refractivity contribution is 0.0520. The Bertz CT molecular complexity index is 703. The summed E-state index contributed by atoms with van der Waals surface area (Å²) < 4.78 is 5.44. The quantitative estimate of drug-likeness (QED) is 0.719. The largest absolute Gasteiger partial charge is 0.475 e. The van der Waals surface area contributed by atoms with Gasteiger partial charge in [0.2, 0.25) is 5.88 Å². The molecule has 2 N–H and O–H groups in total. The van der Waals surface area contributed by atoms with Crippen molar-refractivity contribution < 1.29 is 14.9 Å². The molecule has 0 amide bonds. The molecule has 26 heavy (non-hydrogen) atoms. The van der Waals surface area contributed by atoms with Crippen LogP contribution in [-0.4, -0.2) is 39.5 Å². The van der Waals surface area contributed by atoms with Crippen LogP contribution in [0.15, 0.2) is 30.3 Å². The maximum Gasteiger partial charge on any atom is 0.213 e. The molecular weight excluding hydrogens is 328 g/mol. The number of rotatable bonds is 9. The van der Waals surface area contributed by atoms with Gasteiger partial charge in [-0.3, -0.25) is 4.98 Å². The number of aliphatic hydroxyl groups is 2. The first-order chi connectivity index (χ1) is 12.4. The zero-order valence-corrected chi connectivity index (χ0v) is 16.1. The third kappa shape index (κ3) is 6.07. The van der Waals surface area contributed by atoms with Crippen molar-refractivity contribution in [1.29, 1.82) is 0 Å². The number of hydrogen-bond acceptors (Lipinski definition) is 5. The molecule has 2 aromatic heterocycles. The minimum Gasteiger partial charge on any atom is -0.475 e. The molecule has 2 aromatic rings. The predicted molar refractivity (Wildman–Crippen MR) is 103 cm³/mol. The second-order valence-corrected chi connectivity index (χ2v) is 7.20. The highest BCUT2D eigenvalue weighted by molar-refractivity contribution is 5.23. The zero-order chi connectivity index (χ0) is 19.1. The van der Waals surface area contributed by atoms with Crippen molar-refractivity contribution >= 4 is 0 Å². The van der Waals surface area contributed by atoms with Crippen LogP contribution in [0.5, 0.6) is 5.88 Å². The number of nitrogens with zero attached hydrogens (tertiary/aromatic N) is 2. The Morgan fingerprint density at radius 3 is 2.54 bits per heavy atom. The summed E-state index contributed by atoms with van der Waals surface area (Å²) in [4.78, 5) is 9.30. The molecule has 2 rings (SSSR count). The van der Waals surface area contributed by atoms with E-state index in [2.05, 4.69) is 44.8 Å². The van der Waals surface area contributed by atoms with Gasteiger partial charge in [-0.25, -0.2) is 4.98 Å². The number of hydrogen-bond donors (Lipinski definition) is 2. The van der Waals surface area contributed by atoms with Crippen molar-refractivity contribution in [3.63, 3.8) is 0 Å². The number of aliphatic hydroxyl groups excluding tert-OH is 2. The van der Waals surface area contributed by atoms with E-state index in [4.69, 9.17) is 14.8 Å². The minimum absolute atomic E-state index is 0.0343. The molecule has 1 unspecified atom stereocenters. The maximum absolute atomic E-state index is 9.38. The third-order valence-corrected chi connectivity index (χ3v) is 4.35. The fourth-order valence-corrected chi connectivity index (χ4v) is 2.72. The van der Waals surface area contributed by atoms with E-state index in [-0.39, 0.29) is 19.1 Å². The monoisotopic (exact) mass is 358 g/mol. The van der Waals surface area contributed by atoms with E-state index in [0.29, 0.717) is 11.8 Å². The van der Waals surface area contributed by atoms with E-state index in [1.165, 1.54) is 5.56 Å². The molecule has 5 nitrogen and oxygen atoms in total. The van der Waals surface area contributed by atoms with E-state index < -0.39 is 6.10 Å². The van der Waals surface area contributed by atoms with Gasteiger partial charge in [-0.1, -0.05) is 26.8 Å². The molecule has 0 aliphatic heterocycles. The van der Waals surface area contributed by atoms with Gasteiger partial charge in [-0.2, -0.15) is 0 Å². The first-order valence-electron chi connectivity index (χ1n) is 9.25. The topological polar surface area (TPSA) is 75.5 Å². The van der Waals surface area contributed by atoms with Gasteiger partial charge in [0, 0.05) is 23.1 Å². The van der Waals surface area contributed by atoms with Gasteiger partial charge in [-0.05, 0) is 55.4 Å². The molecule has 0 saturated heterocycles. The second-order valence-electron chi connectivity index (χ2n) is 7.20. The van der Waals surface area contributed by atoms with E-state index in [1.54, 1.807) is 6.07 Å². The standard InChI is InChI=1S/C21H30N2O3/c1-14(2)20-11-15(3)10-17(22-20)9-8-16(4)19-6-5-7-21(23-19)26-13-18(25)12-24/h5-7,10-11,14,16,18,24-25H,8-9,12-13H2,1-4H3/t16?,18-/m1/s1. The zero-order valence-electron chi connectivity index (χ0n) is 16.1. The van der Waals surface area contributed by atoms with E-state index in [1.807, 2.05) is 12.1 Å². The fraction of sp³-hybridized carbons (Fsp3) is 0.524. The first kappa shape index (κ1) is 20.3. The Kier molecular flexibility index (Phi) is 7.54. The molecule has 2 heterocycles. The second kappa shape index (κ2) is 9.64. The molecule has 142 valence electrons. The van der Waals surface area contributed by atoms with E-state index >= 15 is 0 Å². The first-order valence-corrected chi connectivity index (χ1v) is 9.25. The SMILES string of the molecule is Cc1cc(CCC(C)c2cccc(OC[C@H](O)CO)n2)nc(C(C)C)c1. The van der Waals surface area contributed by atoms with Gasteiger partial charge in [-0.15, -0.1) is 0 Å². The lowest BCUT2D eigenvalue weighted by atomic mass is 9.98. The van der Waals surface area contributed by atoms with Gasteiger partial charge in [0.15, 0.2) is 0 Å². The highest BCUT2D eigenvalue weighted by Crippen LogP contribution is 2.22. The number of aryl methyl sites for hydroxylation is 2. The lowest BCUT2D eigenvalue weighted by Crippen LogP contribution is -2.21. The summed E-state index contributed by atoms with van der Waals surface area (Å²) in [5.74, 6) is 1.17. The van der Waals surface area contributed by atoms with Crippen molar-refractivity contribution in [2.24, 2.45) is 0 Å². The summed E-state index contributed by atoms with van der Waals surface area (Å²) >= 11 is 0. The number of aromatic nitrogens is 2. The van der Waals surface area contributed by atoms with Crippen LogP contribution >= 0.6 is 0 Å². The Labute approximate surface area is 156 Å². The maximum atomic E-state index is 9.38. The molecule has 0 aromatic carbocycles. The highest BCUT2D eigenvalue weighted by atomic mass is 16.5. The van der Waals surface area contributed by atoms with Crippen molar-refractivity contribution in [3.8, 4) is 5.88 Å². The molecule has 5 heteroatoms. The predicted octanol–water partition coefficient (Wildman–Crippen LogP) is 3.38. The van der Waals surface area contributed by atoms with Gasteiger partial charge in [0.1, 0.15) is 12.7 Å². The number of ether oxygens (including phenoxy) is 1. The van der Waals surface area contributed by atoms with Crippen molar-refractivity contribution in [2.45, 2.75) is 58.5 Å². The Hall–Kier alpha value is -1.98. The summed E-state index contributed by atoms with van der Waals surface area (Å²) in [5.41, 5.74) is 4.47. The Morgan fingerprint density at radius 1 is 1.08 bits per heavy atom. The Balaban J connectivity index is 1.98. The summed E-state index contributed by atoms with van der Waals surface area (Å²) in [7, 11) is 0. The summed E-state index contributed by atoms with van der Waals surface area (Å²) in [6, 6.07) is 9.96. The highest BCUT2D eigenvalue weighted by Gasteiger charge is 2.11. The van der Waals surface area contributed by atoms with Crippen LogP contribution in [0.2, 0.25) is 0 Å². The Morgan fingerprint density at radius 2 is 1.85 bits per heavy atom. The molecule has 0 radical (unpaired) electrons. The molecular formula is C21H30N2O3. The average Bonchev–Trinajstić information content (AvgIpc) is 2.63. The van der Waals surface area contributed by atoms with Gasteiger partial charge >= 0.3 is 0 Å². The van der Waals surface area contributed by atoms with E-state index in [0.717, 1.165) is 29.9 Å². The van der Waals surface area contributed by atoms with Crippen LogP contribution in [0.1, 0.15) is 61.7 Å². The van der Waals surface area contributed by atoms with Crippen LogP contribution < -0.4 is 4.74 Å². The van der Waals surface area contributed by atoms with Crippen molar-refractivity contribution in [3.05, 3.63) is 53.0 Å². The van der Waals surface area contributed by atoms with Crippen LogP contribution in [0.25, 0.3) is 0 Å². The van der Waals surface area contributed by atoms with Gasteiger partial charge in [0.05, 0.1) is 6.61 Å². The van der Waals surface area contributed by atoms with Crippen molar-refractivity contribution in [2.75, 3.05) is 13.2 Å². The van der Waals surface area contributed by atoms with E-state index in [9.17, 15) is 5.11 Å². The number of pyridine rings is 2. The average molecular weight is 358 g/mol. The molecule has 0 aliphatic carbocycles. The normalized spacial score (nSPS) is 13.7. The molecule has 0 bridgehead atoms. The summed E-state index contributed by atoms with van der Waals surface area (Å²) in [5, 5.41) is 18.2. The minimum atomic E-state index is -0.888. The van der Waals surface area contributed by atoms with Crippen molar-refractivity contribution in [1.82, 2.24) is 9.97 Å².